The third kappa shape index (κ3) is 12.3. The van der Waals surface area contributed by atoms with Crippen molar-refractivity contribution in [1.82, 2.24) is 25.9 Å². The maximum atomic E-state index is 13.1. The SMILES string of the molecule is NCCCCC(NC(=O)C(N)Cc1cnc[nH]1)C(=O)NC(CCC(=O)O)C(=O)NC(CCC(=O)O)C(=O)O. The molecule has 0 bridgehead atoms. The van der Waals surface area contributed by atoms with E-state index in [1.165, 1.54) is 12.5 Å². The number of aliphatic carboxylic acids is 3. The molecule has 38 heavy (non-hydrogen) atoms. The number of aromatic nitrogens is 2. The van der Waals surface area contributed by atoms with Crippen LogP contribution in [0, 0.1) is 0 Å². The standard InChI is InChI=1S/C22H35N7O9/c23-8-2-1-3-14(27-19(34)13(24)9-12-10-25-11-26-12)20(35)28-15(4-6-17(30)31)21(36)29-16(22(37)38)5-7-18(32)33/h10-11,13-16H,1-9,23-24H2,(H,25,26)(H,27,34)(H,28,35)(H,29,36)(H,30,31)(H,32,33)(H,37,38). The fraction of sp³-hybridized carbons (Fsp3) is 0.591. The van der Waals surface area contributed by atoms with Gasteiger partial charge >= 0.3 is 17.9 Å². The van der Waals surface area contributed by atoms with Crippen molar-refractivity contribution in [2.24, 2.45) is 11.5 Å². The van der Waals surface area contributed by atoms with Crippen LogP contribution in [0.25, 0.3) is 0 Å². The number of aromatic amines is 1. The Morgan fingerprint density at radius 3 is 1.84 bits per heavy atom. The molecule has 0 saturated heterocycles. The number of carbonyl (C=O) groups excluding carboxylic acids is 3. The summed E-state index contributed by atoms with van der Waals surface area (Å²) in [7, 11) is 0. The van der Waals surface area contributed by atoms with Crippen LogP contribution in [-0.4, -0.2) is 91.6 Å². The Bertz CT molecular complexity index is 955. The van der Waals surface area contributed by atoms with Gasteiger partial charge in [-0.25, -0.2) is 9.78 Å². The van der Waals surface area contributed by atoms with Gasteiger partial charge in [0.2, 0.25) is 17.7 Å². The fourth-order valence-electron chi connectivity index (χ4n) is 3.37. The first-order valence-electron chi connectivity index (χ1n) is 11.9. The van der Waals surface area contributed by atoms with E-state index in [0.717, 1.165) is 0 Å². The molecule has 16 nitrogen and oxygen atoms in total. The predicted octanol–water partition coefficient (Wildman–Crippen LogP) is -2.32. The number of carbonyl (C=O) groups is 6. The Kier molecular flexibility index (Phi) is 14.0. The molecule has 4 unspecified atom stereocenters. The molecule has 0 spiro atoms. The smallest absolute Gasteiger partial charge is 0.326 e. The highest BCUT2D eigenvalue weighted by Gasteiger charge is 2.30. The molecule has 0 saturated carbocycles. The van der Waals surface area contributed by atoms with E-state index < -0.39 is 79.1 Å². The van der Waals surface area contributed by atoms with E-state index in [1.807, 2.05) is 0 Å². The number of carboxylic acid groups (broad SMARTS) is 3. The van der Waals surface area contributed by atoms with Crippen molar-refractivity contribution >= 4 is 35.6 Å². The second-order valence-electron chi connectivity index (χ2n) is 8.56. The van der Waals surface area contributed by atoms with Crippen LogP contribution in [0.1, 0.15) is 50.6 Å². The number of nitrogens with one attached hydrogen (secondary N) is 4. The molecule has 0 fully saturated rings. The summed E-state index contributed by atoms with van der Waals surface area (Å²) in [6, 6.07) is -5.23. The highest BCUT2D eigenvalue weighted by Crippen LogP contribution is 2.07. The lowest BCUT2D eigenvalue weighted by atomic mass is 10.0. The number of nitrogens with two attached hydrogens (primary N) is 2. The van der Waals surface area contributed by atoms with Gasteiger partial charge in [0.05, 0.1) is 12.4 Å². The average Bonchev–Trinajstić information content (AvgIpc) is 3.35. The minimum absolute atomic E-state index is 0.111. The summed E-state index contributed by atoms with van der Waals surface area (Å²) in [5, 5.41) is 34.2. The summed E-state index contributed by atoms with van der Waals surface area (Å²) in [5.74, 6) is -6.52. The van der Waals surface area contributed by atoms with Gasteiger partial charge in [-0.2, -0.15) is 0 Å². The zero-order chi connectivity index (χ0) is 28.7. The molecule has 1 rings (SSSR count). The van der Waals surface area contributed by atoms with Crippen LogP contribution < -0.4 is 27.4 Å². The minimum Gasteiger partial charge on any atom is -0.481 e. The molecule has 212 valence electrons. The minimum atomic E-state index is -1.58. The Labute approximate surface area is 217 Å². The first kappa shape index (κ1) is 32.0. The zero-order valence-electron chi connectivity index (χ0n) is 20.7. The van der Waals surface area contributed by atoms with Gasteiger partial charge in [0.25, 0.3) is 0 Å². The van der Waals surface area contributed by atoms with E-state index in [2.05, 4.69) is 25.9 Å². The second kappa shape index (κ2) is 16.6. The van der Waals surface area contributed by atoms with Gasteiger partial charge in [0.15, 0.2) is 0 Å². The molecule has 0 aliphatic carbocycles. The van der Waals surface area contributed by atoms with Crippen LogP contribution in [0.15, 0.2) is 12.5 Å². The lowest BCUT2D eigenvalue weighted by Gasteiger charge is -2.25. The molecule has 1 aromatic rings. The van der Waals surface area contributed by atoms with Gasteiger partial charge < -0.3 is 47.7 Å². The molecule has 0 aliphatic heterocycles. The number of unbranched alkanes of at least 4 members (excludes halogenated alkanes) is 1. The summed E-state index contributed by atoms with van der Waals surface area (Å²) in [4.78, 5) is 78.5. The van der Waals surface area contributed by atoms with Crippen molar-refractivity contribution in [3.63, 3.8) is 0 Å². The van der Waals surface area contributed by atoms with Gasteiger partial charge in [-0.3, -0.25) is 24.0 Å². The van der Waals surface area contributed by atoms with Crippen molar-refractivity contribution in [1.29, 1.82) is 0 Å². The molecule has 4 atom stereocenters. The largest absolute Gasteiger partial charge is 0.481 e. The second-order valence-corrected chi connectivity index (χ2v) is 8.56. The highest BCUT2D eigenvalue weighted by molar-refractivity contribution is 5.94. The van der Waals surface area contributed by atoms with E-state index in [-0.39, 0.29) is 19.3 Å². The molecule has 0 radical (unpaired) electrons. The first-order valence-corrected chi connectivity index (χ1v) is 11.9. The fourth-order valence-corrected chi connectivity index (χ4v) is 3.37. The number of carboxylic acids is 3. The maximum Gasteiger partial charge on any atom is 0.326 e. The Morgan fingerprint density at radius 2 is 1.34 bits per heavy atom. The number of H-pyrrole nitrogens is 1. The first-order chi connectivity index (χ1) is 17.9. The van der Waals surface area contributed by atoms with Crippen LogP contribution in [-0.2, 0) is 35.2 Å². The van der Waals surface area contributed by atoms with Crippen LogP contribution >= 0.6 is 0 Å². The molecule has 1 heterocycles. The predicted molar refractivity (Wildman–Crippen MR) is 130 cm³/mol. The Morgan fingerprint density at radius 1 is 0.816 bits per heavy atom. The van der Waals surface area contributed by atoms with Gasteiger partial charge in [-0.15, -0.1) is 0 Å². The monoisotopic (exact) mass is 541 g/mol. The topological polar surface area (TPSA) is 280 Å². The quantitative estimate of drug-likeness (QED) is 0.0834. The molecule has 0 aliphatic rings. The van der Waals surface area contributed by atoms with E-state index in [0.29, 0.717) is 25.1 Å². The van der Waals surface area contributed by atoms with Crippen molar-refractivity contribution in [2.75, 3.05) is 6.54 Å². The molecule has 11 N–H and O–H groups in total. The zero-order valence-corrected chi connectivity index (χ0v) is 20.7. The third-order valence-corrected chi connectivity index (χ3v) is 5.45. The number of imidazole rings is 1. The number of rotatable bonds is 19. The third-order valence-electron chi connectivity index (χ3n) is 5.45. The molecular weight excluding hydrogens is 506 g/mol. The van der Waals surface area contributed by atoms with E-state index >= 15 is 0 Å². The average molecular weight is 542 g/mol. The Hall–Kier alpha value is -4.05. The van der Waals surface area contributed by atoms with Crippen molar-refractivity contribution < 1.29 is 44.1 Å². The van der Waals surface area contributed by atoms with Crippen LogP contribution in [0.4, 0.5) is 0 Å². The van der Waals surface area contributed by atoms with Gasteiger partial charge in [0.1, 0.15) is 18.1 Å². The maximum absolute atomic E-state index is 13.1. The highest BCUT2D eigenvalue weighted by atomic mass is 16.4. The normalized spacial score (nSPS) is 13.9. The lowest BCUT2D eigenvalue weighted by Crippen LogP contribution is -2.57. The number of nitrogens with zero attached hydrogens (tertiary/aromatic N) is 1. The molecule has 1 aromatic heterocycles. The number of amides is 3. The number of hydrogen-bond acceptors (Lipinski definition) is 9. The molecule has 0 aromatic carbocycles. The van der Waals surface area contributed by atoms with Gasteiger partial charge in [-0.05, 0) is 38.6 Å². The molecule has 3 amide bonds. The van der Waals surface area contributed by atoms with E-state index in [1.54, 1.807) is 0 Å². The summed E-state index contributed by atoms with van der Waals surface area (Å²) >= 11 is 0. The lowest BCUT2D eigenvalue weighted by molar-refractivity contribution is -0.144. The summed E-state index contributed by atoms with van der Waals surface area (Å²) in [6.07, 6.45) is 2.23. The van der Waals surface area contributed by atoms with Crippen LogP contribution in [0.2, 0.25) is 0 Å². The number of hydrogen-bond donors (Lipinski definition) is 9. The van der Waals surface area contributed by atoms with Gasteiger partial charge in [-0.1, -0.05) is 0 Å². The summed E-state index contributed by atoms with van der Waals surface area (Å²) in [6.45, 7) is 0.332. The van der Waals surface area contributed by atoms with E-state index in [9.17, 15) is 33.9 Å². The summed E-state index contributed by atoms with van der Waals surface area (Å²) < 4.78 is 0. The van der Waals surface area contributed by atoms with E-state index in [4.69, 9.17) is 21.7 Å². The summed E-state index contributed by atoms with van der Waals surface area (Å²) in [5.41, 5.74) is 12.0. The molecular formula is C22H35N7O9. The van der Waals surface area contributed by atoms with Crippen LogP contribution in [0.3, 0.4) is 0 Å². The van der Waals surface area contributed by atoms with Gasteiger partial charge in [0, 0.05) is 31.2 Å². The van der Waals surface area contributed by atoms with Crippen LogP contribution in [0.5, 0.6) is 0 Å². The molecule has 16 heteroatoms. The van der Waals surface area contributed by atoms with Crippen molar-refractivity contribution in [3.05, 3.63) is 18.2 Å². The van der Waals surface area contributed by atoms with Crippen molar-refractivity contribution in [3.8, 4) is 0 Å². The van der Waals surface area contributed by atoms with Crippen molar-refractivity contribution in [2.45, 2.75) is 75.5 Å². The Balaban J connectivity index is 2.98.